The van der Waals surface area contributed by atoms with Crippen LogP contribution < -0.4 is 5.73 Å². The van der Waals surface area contributed by atoms with Crippen LogP contribution in [-0.2, 0) is 4.79 Å². The molecule has 2 N–H and O–H groups in total. The quantitative estimate of drug-likeness (QED) is 0.435. The van der Waals surface area contributed by atoms with Crippen molar-refractivity contribution in [1.29, 1.82) is 0 Å². The fourth-order valence-corrected chi connectivity index (χ4v) is 0.612. The molecular formula is C5H13NOSi. The summed E-state index contributed by atoms with van der Waals surface area (Å²) in [5.74, 6) is 0. The van der Waals surface area contributed by atoms with Gasteiger partial charge in [0.05, 0.1) is 13.7 Å². The molecule has 0 aliphatic heterocycles. The van der Waals surface area contributed by atoms with Gasteiger partial charge in [0.1, 0.15) is 6.29 Å². The summed E-state index contributed by atoms with van der Waals surface area (Å²) in [5, 5.41) is 0. The van der Waals surface area contributed by atoms with Gasteiger partial charge in [-0.3, -0.25) is 0 Å². The minimum Gasteiger partial charge on any atom is -0.324 e. The molecule has 0 aromatic rings. The number of carbonyl (C=O) groups is 1. The van der Waals surface area contributed by atoms with Gasteiger partial charge in [-0.15, -0.1) is 0 Å². The van der Waals surface area contributed by atoms with E-state index >= 15 is 0 Å². The molecule has 0 aromatic carbocycles. The molecule has 2 nitrogen and oxygen atoms in total. The normalized spacial score (nSPS) is 15.5. The highest BCUT2D eigenvalue weighted by molar-refractivity contribution is 6.79. The van der Waals surface area contributed by atoms with Gasteiger partial charge >= 0.3 is 0 Å². The maximum Gasteiger partial charge on any atom is 0.133 e. The average Bonchev–Trinajstić information content (AvgIpc) is 1.62. The molecule has 0 heterocycles. The second-order valence-corrected chi connectivity index (χ2v) is 8.43. The molecule has 1 unspecified atom stereocenters. The van der Waals surface area contributed by atoms with E-state index in [1.54, 1.807) is 0 Å². The highest BCUT2D eigenvalue weighted by atomic mass is 28.3. The number of carbonyl (C=O) groups excluding carboxylic acids is 1. The molecule has 0 bridgehead atoms. The molecule has 48 valence electrons. The van der Waals surface area contributed by atoms with Gasteiger partial charge in [-0.05, 0) is 0 Å². The summed E-state index contributed by atoms with van der Waals surface area (Å²) < 4.78 is 0. The highest BCUT2D eigenvalue weighted by Gasteiger charge is 2.21. The lowest BCUT2D eigenvalue weighted by Crippen LogP contribution is -2.46. The Bertz CT molecular complexity index is 86.9. The molecule has 0 aliphatic carbocycles. The van der Waals surface area contributed by atoms with Crippen molar-refractivity contribution in [2.75, 3.05) is 0 Å². The lowest BCUT2D eigenvalue weighted by atomic mass is 10.8. The van der Waals surface area contributed by atoms with Crippen molar-refractivity contribution in [3.05, 3.63) is 0 Å². The van der Waals surface area contributed by atoms with E-state index in [-0.39, 0.29) is 5.67 Å². The predicted molar refractivity (Wildman–Crippen MR) is 37.4 cm³/mol. The summed E-state index contributed by atoms with van der Waals surface area (Å²) in [6.07, 6.45) is 0.840. The molecule has 0 aromatic heterocycles. The molecule has 0 spiro atoms. The van der Waals surface area contributed by atoms with Gasteiger partial charge in [-0.1, -0.05) is 19.6 Å². The van der Waals surface area contributed by atoms with Crippen molar-refractivity contribution in [3.63, 3.8) is 0 Å². The Kier molecular flexibility index (Phi) is 2.37. The third-order valence-corrected chi connectivity index (χ3v) is 3.28. The van der Waals surface area contributed by atoms with Crippen LogP contribution in [0.4, 0.5) is 0 Å². The third kappa shape index (κ3) is 2.23. The van der Waals surface area contributed by atoms with E-state index < -0.39 is 8.07 Å². The zero-order valence-corrected chi connectivity index (χ0v) is 6.64. The van der Waals surface area contributed by atoms with Crippen LogP contribution >= 0.6 is 0 Å². The van der Waals surface area contributed by atoms with Gasteiger partial charge < -0.3 is 10.5 Å². The van der Waals surface area contributed by atoms with Crippen molar-refractivity contribution >= 4 is 14.4 Å². The maximum absolute atomic E-state index is 10.1. The van der Waals surface area contributed by atoms with Crippen LogP contribution in [-0.4, -0.2) is 20.0 Å². The van der Waals surface area contributed by atoms with E-state index in [1.807, 2.05) is 0 Å². The van der Waals surface area contributed by atoms with Crippen LogP contribution in [0.15, 0.2) is 0 Å². The Hall–Kier alpha value is -0.153. The highest BCUT2D eigenvalue weighted by Crippen LogP contribution is 2.01. The number of hydrogen-bond acceptors (Lipinski definition) is 2. The molecular weight excluding hydrogens is 118 g/mol. The van der Waals surface area contributed by atoms with E-state index in [1.165, 1.54) is 0 Å². The van der Waals surface area contributed by atoms with E-state index in [2.05, 4.69) is 19.6 Å². The Labute approximate surface area is 51.1 Å². The lowest BCUT2D eigenvalue weighted by Gasteiger charge is -2.18. The summed E-state index contributed by atoms with van der Waals surface area (Å²) in [4.78, 5) is 10.1. The number of hydrogen-bond donors (Lipinski definition) is 1. The zero-order valence-electron chi connectivity index (χ0n) is 5.64. The zero-order chi connectivity index (χ0) is 6.78. The van der Waals surface area contributed by atoms with Crippen LogP contribution in [0.3, 0.4) is 0 Å². The summed E-state index contributed by atoms with van der Waals surface area (Å²) >= 11 is 0. The predicted octanol–water partition coefficient (Wildman–Crippen LogP) is 0.390. The van der Waals surface area contributed by atoms with Gasteiger partial charge in [0, 0.05) is 0 Å². The number of aldehydes is 1. The fourth-order valence-electron chi connectivity index (χ4n) is 0.204. The van der Waals surface area contributed by atoms with E-state index in [0.29, 0.717) is 0 Å². The molecule has 0 amide bonds. The SMILES string of the molecule is C[Si](C)(C)C(N)C=O. The molecule has 0 radical (unpaired) electrons. The first-order valence-corrected chi connectivity index (χ1v) is 6.27. The van der Waals surface area contributed by atoms with Gasteiger partial charge in [0.15, 0.2) is 0 Å². The minimum absolute atomic E-state index is 0.192. The van der Waals surface area contributed by atoms with Gasteiger partial charge in [-0.2, -0.15) is 0 Å². The van der Waals surface area contributed by atoms with Crippen molar-refractivity contribution in [3.8, 4) is 0 Å². The largest absolute Gasteiger partial charge is 0.324 e. The Morgan fingerprint density at radius 2 is 1.88 bits per heavy atom. The van der Waals surface area contributed by atoms with Crippen LogP contribution in [0, 0.1) is 0 Å². The molecule has 0 saturated carbocycles. The van der Waals surface area contributed by atoms with Crippen LogP contribution in [0.2, 0.25) is 19.6 Å². The minimum atomic E-state index is -1.35. The Morgan fingerprint density at radius 1 is 1.50 bits per heavy atom. The molecule has 0 fully saturated rings. The summed E-state index contributed by atoms with van der Waals surface area (Å²) in [5.41, 5.74) is 5.25. The Morgan fingerprint density at radius 3 is 1.88 bits per heavy atom. The Balaban J connectivity index is 3.80. The third-order valence-electron chi connectivity index (χ3n) is 1.15. The van der Waals surface area contributed by atoms with Crippen molar-refractivity contribution < 1.29 is 4.79 Å². The summed E-state index contributed by atoms with van der Waals surface area (Å²) in [7, 11) is -1.35. The van der Waals surface area contributed by atoms with Crippen LogP contribution in [0.1, 0.15) is 0 Å². The first-order chi connectivity index (χ1) is 3.48. The molecule has 3 heteroatoms. The second-order valence-electron chi connectivity index (χ2n) is 3.03. The van der Waals surface area contributed by atoms with Crippen molar-refractivity contribution in [2.45, 2.75) is 25.3 Å². The smallest absolute Gasteiger partial charge is 0.133 e. The average molecular weight is 131 g/mol. The van der Waals surface area contributed by atoms with Gasteiger partial charge in [0.2, 0.25) is 0 Å². The first kappa shape index (κ1) is 7.85. The van der Waals surface area contributed by atoms with E-state index in [9.17, 15) is 4.79 Å². The summed E-state index contributed by atoms with van der Waals surface area (Å²) in [6.45, 7) is 6.23. The number of rotatable bonds is 2. The molecule has 0 saturated heterocycles. The summed E-state index contributed by atoms with van der Waals surface area (Å²) in [6, 6.07) is 0. The number of nitrogens with two attached hydrogens (primary N) is 1. The van der Waals surface area contributed by atoms with E-state index in [0.717, 1.165) is 6.29 Å². The van der Waals surface area contributed by atoms with Gasteiger partial charge in [0.25, 0.3) is 0 Å². The molecule has 0 rings (SSSR count). The van der Waals surface area contributed by atoms with Crippen LogP contribution in [0.5, 0.6) is 0 Å². The van der Waals surface area contributed by atoms with Crippen LogP contribution in [0.25, 0.3) is 0 Å². The standard InChI is InChI=1S/C5H13NOSi/c1-8(2,3)5(6)4-7/h4-5H,6H2,1-3H3. The van der Waals surface area contributed by atoms with Crippen molar-refractivity contribution in [1.82, 2.24) is 0 Å². The maximum atomic E-state index is 10.1. The topological polar surface area (TPSA) is 43.1 Å². The fraction of sp³-hybridized carbons (Fsp3) is 0.800. The molecule has 8 heavy (non-hydrogen) atoms. The van der Waals surface area contributed by atoms with Gasteiger partial charge in [-0.25, -0.2) is 0 Å². The second kappa shape index (κ2) is 2.41. The first-order valence-electron chi connectivity index (χ1n) is 2.69. The molecule has 0 aliphatic rings. The monoisotopic (exact) mass is 131 g/mol. The van der Waals surface area contributed by atoms with Crippen molar-refractivity contribution in [2.24, 2.45) is 5.73 Å². The molecule has 1 atom stereocenters. The lowest BCUT2D eigenvalue weighted by molar-refractivity contribution is -0.107. The van der Waals surface area contributed by atoms with E-state index in [4.69, 9.17) is 5.73 Å².